The molecule has 0 radical (unpaired) electrons. The van der Waals surface area contributed by atoms with E-state index < -0.39 is 6.10 Å². The van der Waals surface area contributed by atoms with Gasteiger partial charge in [0.1, 0.15) is 13.2 Å². The molecule has 0 fully saturated rings. The summed E-state index contributed by atoms with van der Waals surface area (Å²) in [6, 6.07) is 0. The molecule has 0 saturated carbocycles. The molecular weight excluding hydrogens is 588 g/mol. The van der Waals surface area contributed by atoms with Gasteiger partial charge in [0.25, 0.3) is 0 Å². The molecule has 0 aromatic rings. The van der Waals surface area contributed by atoms with Gasteiger partial charge in [-0.2, -0.15) is 0 Å². The molecule has 1 atom stereocenters. The summed E-state index contributed by atoms with van der Waals surface area (Å²) in [7, 11) is 0. The highest BCUT2D eigenvalue weighted by Gasteiger charge is 2.19. The van der Waals surface area contributed by atoms with E-state index in [1.165, 1.54) is 109 Å². The topological polar surface area (TPSA) is 78.9 Å². The Hall–Kier alpha value is -1.85. The lowest BCUT2D eigenvalue weighted by Crippen LogP contribution is -2.30. The highest BCUT2D eigenvalue weighted by molar-refractivity contribution is 5.71. The van der Waals surface area contributed by atoms with Crippen molar-refractivity contribution in [3.05, 3.63) is 12.2 Å². The zero-order valence-electron chi connectivity index (χ0n) is 31.3. The lowest BCUT2D eigenvalue weighted by molar-refractivity contribution is -0.167. The molecule has 0 bridgehead atoms. The second kappa shape index (κ2) is 37.0. The van der Waals surface area contributed by atoms with Crippen LogP contribution >= 0.6 is 0 Å². The van der Waals surface area contributed by atoms with Gasteiger partial charge in [-0.3, -0.25) is 14.4 Å². The fraction of sp³-hybridized carbons (Fsp3) is 0.878. The van der Waals surface area contributed by atoms with Crippen LogP contribution in [0.5, 0.6) is 0 Å². The third-order valence-electron chi connectivity index (χ3n) is 8.77. The number of rotatable bonds is 36. The van der Waals surface area contributed by atoms with Gasteiger partial charge < -0.3 is 14.2 Å². The number of hydrogen-bond acceptors (Lipinski definition) is 6. The number of unbranched alkanes of at least 4 members (excludes halogenated alkanes) is 23. The van der Waals surface area contributed by atoms with E-state index in [0.717, 1.165) is 64.2 Å². The molecule has 0 heterocycles. The maximum Gasteiger partial charge on any atom is 0.306 e. The molecule has 6 nitrogen and oxygen atoms in total. The van der Waals surface area contributed by atoms with Crippen molar-refractivity contribution in [2.75, 3.05) is 13.2 Å². The van der Waals surface area contributed by atoms with Crippen LogP contribution in [0.15, 0.2) is 12.2 Å². The van der Waals surface area contributed by atoms with Gasteiger partial charge in [0.15, 0.2) is 6.10 Å². The Balaban J connectivity index is 4.32. The van der Waals surface area contributed by atoms with Crippen LogP contribution in [0.4, 0.5) is 0 Å². The SMILES string of the molecule is CCCCCC/C=C\CCCCCCCC(=O)OCC(COC(=O)CCCCCCCCCC)OC(=O)CCCCCCCCCC. The summed E-state index contributed by atoms with van der Waals surface area (Å²) >= 11 is 0. The highest BCUT2D eigenvalue weighted by atomic mass is 16.6. The van der Waals surface area contributed by atoms with E-state index >= 15 is 0 Å². The predicted octanol–water partition coefficient (Wildman–Crippen LogP) is 12.3. The maximum atomic E-state index is 12.6. The van der Waals surface area contributed by atoms with Gasteiger partial charge in [-0.1, -0.05) is 161 Å². The summed E-state index contributed by atoms with van der Waals surface area (Å²) in [5.41, 5.74) is 0. The van der Waals surface area contributed by atoms with Crippen molar-refractivity contribution < 1.29 is 28.6 Å². The van der Waals surface area contributed by atoms with Crippen LogP contribution in [0.3, 0.4) is 0 Å². The van der Waals surface area contributed by atoms with Crippen LogP contribution in [-0.4, -0.2) is 37.2 Å². The molecular formula is C41H76O6. The molecule has 0 aromatic heterocycles. The zero-order valence-corrected chi connectivity index (χ0v) is 31.3. The lowest BCUT2D eigenvalue weighted by atomic mass is 10.1. The van der Waals surface area contributed by atoms with Crippen LogP contribution in [0.1, 0.15) is 213 Å². The average Bonchev–Trinajstić information content (AvgIpc) is 3.06. The number of carbonyl (C=O) groups is 3. The van der Waals surface area contributed by atoms with E-state index in [1.54, 1.807) is 0 Å². The number of ether oxygens (including phenoxy) is 3. The number of esters is 3. The monoisotopic (exact) mass is 665 g/mol. The van der Waals surface area contributed by atoms with Gasteiger partial charge in [-0.25, -0.2) is 0 Å². The lowest BCUT2D eigenvalue weighted by Gasteiger charge is -2.18. The molecule has 0 spiro atoms. The largest absolute Gasteiger partial charge is 0.462 e. The standard InChI is InChI=1S/C41H76O6/c1-4-7-10-13-16-19-20-21-22-23-26-28-31-34-40(43)46-37-38(47-41(44)35-32-29-25-18-15-12-9-6-3)36-45-39(42)33-30-27-24-17-14-11-8-5-2/h19-20,38H,4-18,21-37H2,1-3H3/b20-19-. The molecule has 0 rings (SSSR count). The first-order valence-corrected chi connectivity index (χ1v) is 20.2. The normalized spacial score (nSPS) is 12.0. The first kappa shape index (κ1) is 45.2. The van der Waals surface area contributed by atoms with Gasteiger partial charge in [-0.05, 0) is 44.9 Å². The Bertz CT molecular complexity index is 733. The van der Waals surface area contributed by atoms with Gasteiger partial charge in [-0.15, -0.1) is 0 Å². The van der Waals surface area contributed by atoms with E-state index in [-0.39, 0.29) is 31.1 Å². The molecule has 0 amide bonds. The fourth-order valence-corrected chi connectivity index (χ4v) is 5.67. The third kappa shape index (κ3) is 35.3. The quantitative estimate of drug-likeness (QED) is 0.0287. The van der Waals surface area contributed by atoms with Gasteiger partial charge in [0, 0.05) is 19.3 Å². The Morgan fingerprint density at radius 3 is 1.09 bits per heavy atom. The number of carbonyl (C=O) groups excluding carboxylic acids is 3. The Morgan fingerprint density at radius 1 is 0.404 bits per heavy atom. The van der Waals surface area contributed by atoms with E-state index in [9.17, 15) is 14.4 Å². The van der Waals surface area contributed by atoms with Crippen molar-refractivity contribution in [3.8, 4) is 0 Å². The van der Waals surface area contributed by atoms with Crippen LogP contribution in [0.25, 0.3) is 0 Å². The summed E-state index contributed by atoms with van der Waals surface area (Å²) in [5, 5.41) is 0. The van der Waals surface area contributed by atoms with Crippen LogP contribution in [0.2, 0.25) is 0 Å². The van der Waals surface area contributed by atoms with Crippen LogP contribution in [-0.2, 0) is 28.6 Å². The summed E-state index contributed by atoms with van der Waals surface area (Å²) in [6.45, 7) is 6.54. The molecule has 47 heavy (non-hydrogen) atoms. The molecule has 0 saturated heterocycles. The van der Waals surface area contributed by atoms with E-state index in [0.29, 0.717) is 19.3 Å². The molecule has 0 N–H and O–H groups in total. The molecule has 0 aliphatic heterocycles. The van der Waals surface area contributed by atoms with E-state index in [1.807, 2.05) is 0 Å². The number of allylic oxidation sites excluding steroid dienone is 2. The van der Waals surface area contributed by atoms with E-state index in [4.69, 9.17) is 14.2 Å². The number of hydrogen-bond donors (Lipinski definition) is 0. The zero-order chi connectivity index (χ0) is 34.5. The molecule has 0 aliphatic carbocycles. The van der Waals surface area contributed by atoms with E-state index in [2.05, 4.69) is 32.9 Å². The van der Waals surface area contributed by atoms with Gasteiger partial charge >= 0.3 is 17.9 Å². The molecule has 276 valence electrons. The minimum Gasteiger partial charge on any atom is -0.462 e. The smallest absolute Gasteiger partial charge is 0.306 e. The van der Waals surface area contributed by atoms with Crippen LogP contribution in [0, 0.1) is 0 Å². The Labute approximate surface area is 290 Å². The Morgan fingerprint density at radius 2 is 0.702 bits per heavy atom. The van der Waals surface area contributed by atoms with Crippen molar-refractivity contribution >= 4 is 17.9 Å². The summed E-state index contributed by atoms with van der Waals surface area (Å²) in [4.78, 5) is 37.3. The summed E-state index contributed by atoms with van der Waals surface area (Å²) in [5.74, 6) is -0.887. The minimum atomic E-state index is -0.761. The summed E-state index contributed by atoms with van der Waals surface area (Å²) < 4.78 is 16.6. The minimum absolute atomic E-state index is 0.0700. The molecule has 0 aliphatic rings. The average molecular weight is 665 g/mol. The van der Waals surface area contributed by atoms with Crippen LogP contribution < -0.4 is 0 Å². The first-order valence-electron chi connectivity index (χ1n) is 20.2. The van der Waals surface area contributed by atoms with Crippen molar-refractivity contribution in [2.45, 2.75) is 219 Å². The van der Waals surface area contributed by atoms with Gasteiger partial charge in [0.2, 0.25) is 0 Å². The third-order valence-corrected chi connectivity index (χ3v) is 8.77. The molecule has 1 unspecified atom stereocenters. The first-order chi connectivity index (χ1) is 23.0. The second-order valence-electron chi connectivity index (χ2n) is 13.6. The van der Waals surface area contributed by atoms with Crippen molar-refractivity contribution in [1.29, 1.82) is 0 Å². The summed E-state index contributed by atoms with van der Waals surface area (Å²) in [6.07, 6.45) is 36.3. The predicted molar refractivity (Wildman–Crippen MR) is 196 cm³/mol. The Kier molecular flexibility index (Phi) is 35.5. The molecule has 0 aromatic carbocycles. The van der Waals surface area contributed by atoms with Crippen molar-refractivity contribution in [3.63, 3.8) is 0 Å². The highest BCUT2D eigenvalue weighted by Crippen LogP contribution is 2.13. The molecule has 6 heteroatoms. The fourth-order valence-electron chi connectivity index (χ4n) is 5.67. The maximum absolute atomic E-state index is 12.6. The van der Waals surface area contributed by atoms with Gasteiger partial charge in [0.05, 0.1) is 0 Å². The van der Waals surface area contributed by atoms with Crippen molar-refractivity contribution in [2.24, 2.45) is 0 Å². The van der Waals surface area contributed by atoms with Crippen molar-refractivity contribution in [1.82, 2.24) is 0 Å². The second-order valence-corrected chi connectivity index (χ2v) is 13.6.